The Labute approximate surface area is 105 Å². The minimum atomic E-state index is 0.537. The molecule has 0 spiro atoms. The summed E-state index contributed by atoms with van der Waals surface area (Å²) in [4.78, 5) is 2.48. The Hall–Kier alpha value is -0.350. The molecule has 16 heavy (non-hydrogen) atoms. The Morgan fingerprint density at radius 3 is 2.94 bits per heavy atom. The van der Waals surface area contributed by atoms with Gasteiger partial charge in [0.15, 0.2) is 5.11 Å². The van der Waals surface area contributed by atoms with Crippen LogP contribution >= 0.6 is 12.2 Å². The number of likely N-dealkylation sites (N-methyl/N-ethyl adjacent to an activating group) is 1. The van der Waals surface area contributed by atoms with Gasteiger partial charge in [0, 0.05) is 19.1 Å². The van der Waals surface area contributed by atoms with Gasteiger partial charge in [-0.05, 0) is 44.6 Å². The van der Waals surface area contributed by atoms with E-state index in [1.807, 2.05) is 0 Å². The highest BCUT2D eigenvalue weighted by atomic mass is 32.1. The third-order valence-electron chi connectivity index (χ3n) is 3.10. The van der Waals surface area contributed by atoms with Crippen LogP contribution in [0.3, 0.4) is 0 Å². The number of thiocarbonyl (C=S) groups is 1. The van der Waals surface area contributed by atoms with Crippen molar-refractivity contribution >= 4 is 17.3 Å². The van der Waals surface area contributed by atoms with E-state index in [0.717, 1.165) is 24.7 Å². The molecule has 4 heteroatoms. The van der Waals surface area contributed by atoms with E-state index in [9.17, 15) is 0 Å². The van der Waals surface area contributed by atoms with Crippen LogP contribution in [-0.2, 0) is 0 Å². The average Bonchev–Trinajstić information content (AvgIpc) is 2.29. The molecule has 1 fully saturated rings. The molecule has 0 amide bonds. The zero-order chi connectivity index (χ0) is 11.8. The van der Waals surface area contributed by atoms with E-state index >= 15 is 0 Å². The largest absolute Gasteiger partial charge is 0.363 e. The second-order valence-electron chi connectivity index (χ2n) is 4.49. The van der Waals surface area contributed by atoms with Crippen LogP contribution in [0.4, 0.5) is 0 Å². The molecule has 1 atom stereocenters. The van der Waals surface area contributed by atoms with Crippen molar-refractivity contribution in [3.63, 3.8) is 0 Å². The summed E-state index contributed by atoms with van der Waals surface area (Å²) in [5.74, 6) is 0. The van der Waals surface area contributed by atoms with Gasteiger partial charge in [0.05, 0.1) is 0 Å². The molecule has 0 aromatic heterocycles. The summed E-state index contributed by atoms with van der Waals surface area (Å²) in [6.07, 6.45) is 4.92. The maximum atomic E-state index is 5.28. The van der Waals surface area contributed by atoms with E-state index in [1.165, 1.54) is 32.2 Å². The highest BCUT2D eigenvalue weighted by Gasteiger charge is 2.18. The summed E-state index contributed by atoms with van der Waals surface area (Å²) in [6, 6.07) is 0.537. The van der Waals surface area contributed by atoms with E-state index in [0.29, 0.717) is 6.04 Å². The van der Waals surface area contributed by atoms with Crippen molar-refractivity contribution in [2.24, 2.45) is 0 Å². The molecule has 1 saturated heterocycles. The molecule has 0 aromatic carbocycles. The number of unbranched alkanes of at least 4 members (excludes halogenated alkanes) is 1. The number of hydrogen-bond donors (Lipinski definition) is 2. The number of likely N-dealkylation sites (tertiary alicyclic amines) is 1. The van der Waals surface area contributed by atoms with Gasteiger partial charge in [0.25, 0.3) is 0 Å². The van der Waals surface area contributed by atoms with E-state index in [2.05, 4.69) is 29.4 Å². The zero-order valence-electron chi connectivity index (χ0n) is 10.6. The smallest absolute Gasteiger partial charge is 0.166 e. The molecule has 1 heterocycles. The Bertz CT molecular complexity index is 208. The standard InChI is InChI=1S/C12H25N3S/c1-3-5-8-13-12(16)14-11-7-6-9-15(4-2)10-11/h11H,3-10H2,1-2H3,(H2,13,14,16). The molecule has 3 nitrogen and oxygen atoms in total. The van der Waals surface area contributed by atoms with Crippen LogP contribution in [0.2, 0.25) is 0 Å². The van der Waals surface area contributed by atoms with Gasteiger partial charge in [0.2, 0.25) is 0 Å². The van der Waals surface area contributed by atoms with Crippen molar-refractivity contribution in [2.45, 2.75) is 45.6 Å². The zero-order valence-corrected chi connectivity index (χ0v) is 11.4. The minimum Gasteiger partial charge on any atom is -0.363 e. The fraction of sp³-hybridized carbons (Fsp3) is 0.917. The number of nitrogens with zero attached hydrogens (tertiary/aromatic N) is 1. The number of nitrogens with one attached hydrogen (secondary N) is 2. The van der Waals surface area contributed by atoms with Crippen LogP contribution in [0, 0.1) is 0 Å². The molecule has 94 valence electrons. The molecule has 2 N–H and O–H groups in total. The van der Waals surface area contributed by atoms with Gasteiger partial charge < -0.3 is 15.5 Å². The minimum absolute atomic E-state index is 0.537. The average molecular weight is 243 g/mol. The van der Waals surface area contributed by atoms with Crippen LogP contribution in [0.1, 0.15) is 39.5 Å². The lowest BCUT2D eigenvalue weighted by Gasteiger charge is -2.32. The monoisotopic (exact) mass is 243 g/mol. The van der Waals surface area contributed by atoms with E-state index in [1.54, 1.807) is 0 Å². The summed E-state index contributed by atoms with van der Waals surface area (Å²) in [5, 5.41) is 7.52. The molecule has 1 aliphatic heterocycles. The van der Waals surface area contributed by atoms with E-state index < -0.39 is 0 Å². The predicted octanol–water partition coefficient (Wildman–Crippen LogP) is 1.73. The van der Waals surface area contributed by atoms with Crippen LogP contribution in [0.5, 0.6) is 0 Å². The van der Waals surface area contributed by atoms with Gasteiger partial charge in [0.1, 0.15) is 0 Å². The maximum Gasteiger partial charge on any atom is 0.166 e. The molecule has 0 bridgehead atoms. The van der Waals surface area contributed by atoms with Gasteiger partial charge in [-0.1, -0.05) is 20.3 Å². The van der Waals surface area contributed by atoms with Crippen molar-refractivity contribution in [1.82, 2.24) is 15.5 Å². The van der Waals surface area contributed by atoms with Crippen LogP contribution in [-0.4, -0.2) is 42.2 Å². The summed E-state index contributed by atoms with van der Waals surface area (Å²) in [7, 11) is 0. The fourth-order valence-electron chi connectivity index (χ4n) is 2.08. The predicted molar refractivity (Wildman–Crippen MR) is 73.8 cm³/mol. The first-order valence-electron chi connectivity index (χ1n) is 6.53. The number of piperidine rings is 1. The lowest BCUT2D eigenvalue weighted by molar-refractivity contribution is 0.210. The molecule has 0 aliphatic carbocycles. The molecular weight excluding hydrogens is 218 g/mol. The summed E-state index contributed by atoms with van der Waals surface area (Å²) < 4.78 is 0. The molecule has 1 aliphatic rings. The van der Waals surface area contributed by atoms with Crippen LogP contribution in [0.25, 0.3) is 0 Å². The van der Waals surface area contributed by atoms with Crippen LogP contribution in [0.15, 0.2) is 0 Å². The van der Waals surface area contributed by atoms with Gasteiger partial charge in [-0.2, -0.15) is 0 Å². The molecule has 0 aromatic rings. The summed E-state index contributed by atoms with van der Waals surface area (Å²) in [5.41, 5.74) is 0. The quantitative estimate of drug-likeness (QED) is 0.568. The number of hydrogen-bond acceptors (Lipinski definition) is 2. The Morgan fingerprint density at radius 1 is 1.44 bits per heavy atom. The third-order valence-corrected chi connectivity index (χ3v) is 3.37. The topological polar surface area (TPSA) is 27.3 Å². The second kappa shape index (κ2) is 7.85. The van der Waals surface area contributed by atoms with Crippen molar-refractivity contribution in [3.05, 3.63) is 0 Å². The lowest BCUT2D eigenvalue weighted by Crippen LogP contribution is -2.50. The van der Waals surface area contributed by atoms with Gasteiger partial charge >= 0.3 is 0 Å². The van der Waals surface area contributed by atoms with E-state index in [-0.39, 0.29) is 0 Å². The van der Waals surface area contributed by atoms with Gasteiger partial charge in [-0.25, -0.2) is 0 Å². The molecule has 1 unspecified atom stereocenters. The maximum absolute atomic E-state index is 5.28. The van der Waals surface area contributed by atoms with E-state index in [4.69, 9.17) is 12.2 Å². The van der Waals surface area contributed by atoms with Crippen LogP contribution < -0.4 is 10.6 Å². The fourth-order valence-corrected chi connectivity index (χ4v) is 2.34. The second-order valence-corrected chi connectivity index (χ2v) is 4.89. The van der Waals surface area contributed by atoms with Crippen molar-refractivity contribution in [2.75, 3.05) is 26.2 Å². The van der Waals surface area contributed by atoms with Crippen molar-refractivity contribution < 1.29 is 0 Å². The first-order chi connectivity index (χ1) is 7.76. The van der Waals surface area contributed by atoms with Crippen molar-refractivity contribution in [1.29, 1.82) is 0 Å². The SMILES string of the molecule is CCCCNC(=S)NC1CCCN(CC)C1. The molecule has 1 rings (SSSR count). The Kier molecular flexibility index (Phi) is 6.73. The Morgan fingerprint density at radius 2 is 2.25 bits per heavy atom. The summed E-state index contributed by atoms with van der Waals surface area (Å²) >= 11 is 5.28. The van der Waals surface area contributed by atoms with Crippen molar-refractivity contribution in [3.8, 4) is 0 Å². The normalized spacial score (nSPS) is 21.8. The first kappa shape index (κ1) is 13.7. The van der Waals surface area contributed by atoms with Gasteiger partial charge in [-0.3, -0.25) is 0 Å². The molecule has 0 radical (unpaired) electrons. The Balaban J connectivity index is 2.17. The molecule has 0 saturated carbocycles. The van der Waals surface area contributed by atoms with Gasteiger partial charge in [-0.15, -0.1) is 0 Å². The highest BCUT2D eigenvalue weighted by molar-refractivity contribution is 7.80. The summed E-state index contributed by atoms with van der Waals surface area (Å²) in [6.45, 7) is 8.93. The third kappa shape index (κ3) is 5.12. The lowest BCUT2D eigenvalue weighted by atomic mass is 10.1. The first-order valence-corrected chi connectivity index (χ1v) is 6.93. The highest BCUT2D eigenvalue weighted by Crippen LogP contribution is 2.09. The molecular formula is C12H25N3S. The number of rotatable bonds is 5.